The number of fused-ring (bicyclic) bond motifs is 1. The highest BCUT2D eigenvalue weighted by molar-refractivity contribution is 6.31. The van der Waals surface area contributed by atoms with Crippen molar-refractivity contribution in [1.82, 2.24) is 0 Å². The predicted octanol–water partition coefficient (Wildman–Crippen LogP) is 3.87. The molecule has 112 valence electrons. The van der Waals surface area contributed by atoms with Crippen molar-refractivity contribution in [2.75, 3.05) is 11.9 Å². The van der Waals surface area contributed by atoms with E-state index in [4.69, 9.17) is 21.8 Å². The second-order valence-electron chi connectivity index (χ2n) is 4.67. The van der Waals surface area contributed by atoms with E-state index in [1.807, 2.05) is 30.3 Å². The standard InChI is InChI=1S/C16H14ClN3O2/c1-19-16(18)20(12-9-11(17)6-7-13(12)21)15-8-10-4-2-3-5-14(10)22-15/h2-9,21H,1H3,(H2,18,19). The number of phenols is 1. The lowest BCUT2D eigenvalue weighted by Crippen LogP contribution is -2.33. The van der Waals surface area contributed by atoms with Crippen molar-refractivity contribution in [3.05, 3.63) is 53.6 Å². The lowest BCUT2D eigenvalue weighted by molar-refractivity contribution is 0.476. The summed E-state index contributed by atoms with van der Waals surface area (Å²) >= 11 is 6.03. The van der Waals surface area contributed by atoms with Gasteiger partial charge in [-0.15, -0.1) is 0 Å². The summed E-state index contributed by atoms with van der Waals surface area (Å²) in [4.78, 5) is 5.50. The zero-order valence-corrected chi connectivity index (χ0v) is 12.6. The largest absolute Gasteiger partial charge is 0.506 e. The summed E-state index contributed by atoms with van der Waals surface area (Å²) in [5.74, 6) is 0.648. The van der Waals surface area contributed by atoms with E-state index < -0.39 is 0 Å². The molecule has 2 aromatic carbocycles. The number of nitrogens with two attached hydrogens (primary N) is 1. The molecule has 0 saturated carbocycles. The highest BCUT2D eigenvalue weighted by Crippen LogP contribution is 2.37. The molecule has 0 aliphatic heterocycles. The number of aromatic hydroxyl groups is 1. The van der Waals surface area contributed by atoms with Gasteiger partial charge in [0.1, 0.15) is 11.3 Å². The van der Waals surface area contributed by atoms with Crippen LogP contribution in [-0.4, -0.2) is 18.1 Å². The number of para-hydroxylation sites is 1. The van der Waals surface area contributed by atoms with Gasteiger partial charge in [-0.05, 0) is 24.3 Å². The zero-order chi connectivity index (χ0) is 15.7. The van der Waals surface area contributed by atoms with Crippen molar-refractivity contribution in [2.24, 2.45) is 10.7 Å². The Labute approximate surface area is 132 Å². The van der Waals surface area contributed by atoms with Crippen LogP contribution in [0, 0.1) is 0 Å². The van der Waals surface area contributed by atoms with Crippen molar-refractivity contribution < 1.29 is 9.52 Å². The first kappa shape index (κ1) is 14.3. The number of guanidine groups is 1. The fourth-order valence-corrected chi connectivity index (χ4v) is 2.38. The molecule has 0 fully saturated rings. The van der Waals surface area contributed by atoms with E-state index in [9.17, 15) is 5.11 Å². The number of halogens is 1. The number of benzene rings is 2. The second kappa shape index (κ2) is 5.61. The van der Waals surface area contributed by atoms with Crippen LogP contribution in [0.3, 0.4) is 0 Å². The number of hydrogen-bond donors (Lipinski definition) is 2. The van der Waals surface area contributed by atoms with Crippen molar-refractivity contribution >= 4 is 40.1 Å². The Morgan fingerprint density at radius 2 is 2.00 bits per heavy atom. The molecule has 3 rings (SSSR count). The predicted molar refractivity (Wildman–Crippen MR) is 89.0 cm³/mol. The summed E-state index contributed by atoms with van der Waals surface area (Å²) in [6.45, 7) is 0. The summed E-state index contributed by atoms with van der Waals surface area (Å²) in [5.41, 5.74) is 7.10. The minimum atomic E-state index is 0.0245. The molecule has 1 aromatic heterocycles. The van der Waals surface area contributed by atoms with Crippen molar-refractivity contribution in [1.29, 1.82) is 0 Å². The first-order valence-electron chi connectivity index (χ1n) is 6.59. The Morgan fingerprint density at radius 1 is 1.23 bits per heavy atom. The Hall–Kier alpha value is -2.66. The van der Waals surface area contributed by atoms with Gasteiger partial charge in [-0.2, -0.15) is 0 Å². The van der Waals surface area contributed by atoms with Gasteiger partial charge in [0.05, 0.1) is 5.69 Å². The maximum absolute atomic E-state index is 10.1. The van der Waals surface area contributed by atoms with Gasteiger partial charge in [-0.3, -0.25) is 4.99 Å². The molecular weight excluding hydrogens is 302 g/mol. The number of phenolic OH excluding ortho intramolecular Hbond substituents is 1. The molecule has 0 bridgehead atoms. The van der Waals surface area contributed by atoms with E-state index in [1.54, 1.807) is 19.2 Å². The third kappa shape index (κ3) is 2.46. The lowest BCUT2D eigenvalue weighted by Gasteiger charge is -2.21. The summed E-state index contributed by atoms with van der Waals surface area (Å²) in [6, 6.07) is 14.1. The van der Waals surface area contributed by atoms with Gasteiger partial charge in [0.25, 0.3) is 0 Å². The Morgan fingerprint density at radius 3 is 2.73 bits per heavy atom. The van der Waals surface area contributed by atoms with Crippen molar-refractivity contribution in [2.45, 2.75) is 0 Å². The van der Waals surface area contributed by atoms with Gasteiger partial charge < -0.3 is 15.3 Å². The minimum Gasteiger partial charge on any atom is -0.506 e. The van der Waals surface area contributed by atoms with Crippen LogP contribution in [0.1, 0.15) is 0 Å². The molecule has 0 spiro atoms. The van der Waals surface area contributed by atoms with Crippen LogP contribution >= 0.6 is 11.6 Å². The van der Waals surface area contributed by atoms with E-state index >= 15 is 0 Å². The third-order valence-electron chi connectivity index (χ3n) is 3.27. The van der Waals surface area contributed by atoms with Crippen LogP contribution < -0.4 is 10.6 Å². The average Bonchev–Trinajstić information content (AvgIpc) is 2.94. The first-order valence-corrected chi connectivity index (χ1v) is 6.97. The Bertz CT molecular complexity index is 824. The molecule has 0 radical (unpaired) electrons. The molecule has 6 heteroatoms. The summed E-state index contributed by atoms with van der Waals surface area (Å²) in [6.07, 6.45) is 0. The maximum Gasteiger partial charge on any atom is 0.208 e. The van der Waals surface area contributed by atoms with Crippen LogP contribution in [0.4, 0.5) is 11.6 Å². The number of hydrogen-bond acceptors (Lipinski definition) is 3. The van der Waals surface area contributed by atoms with Crippen LogP contribution in [0.5, 0.6) is 5.75 Å². The molecular formula is C16H14ClN3O2. The molecule has 0 unspecified atom stereocenters. The molecule has 5 nitrogen and oxygen atoms in total. The first-order chi connectivity index (χ1) is 10.6. The van der Waals surface area contributed by atoms with Crippen LogP contribution in [0.2, 0.25) is 5.02 Å². The normalized spacial score (nSPS) is 11.8. The Balaban J connectivity index is 2.20. The van der Waals surface area contributed by atoms with E-state index in [1.165, 1.54) is 11.0 Å². The minimum absolute atomic E-state index is 0.0245. The van der Waals surface area contributed by atoms with Crippen molar-refractivity contribution in [3.63, 3.8) is 0 Å². The van der Waals surface area contributed by atoms with Gasteiger partial charge in [-0.25, -0.2) is 4.90 Å². The SMILES string of the molecule is CN=C(N)N(c1cc2ccccc2o1)c1cc(Cl)ccc1O. The highest BCUT2D eigenvalue weighted by Gasteiger charge is 2.21. The Kier molecular flexibility index (Phi) is 3.65. The van der Waals surface area contributed by atoms with Crippen LogP contribution in [0.25, 0.3) is 11.0 Å². The molecule has 0 saturated heterocycles. The van der Waals surface area contributed by atoms with E-state index in [0.29, 0.717) is 22.2 Å². The zero-order valence-electron chi connectivity index (χ0n) is 11.8. The molecule has 0 amide bonds. The molecule has 22 heavy (non-hydrogen) atoms. The molecule has 1 heterocycles. The lowest BCUT2D eigenvalue weighted by atomic mass is 10.2. The smallest absolute Gasteiger partial charge is 0.208 e. The number of rotatable bonds is 2. The van der Waals surface area contributed by atoms with E-state index in [0.717, 1.165) is 5.39 Å². The fraction of sp³-hybridized carbons (Fsp3) is 0.0625. The molecule has 0 atom stereocenters. The maximum atomic E-state index is 10.1. The number of nitrogens with zero attached hydrogens (tertiary/aromatic N) is 2. The number of furan rings is 1. The van der Waals surface area contributed by atoms with Crippen molar-refractivity contribution in [3.8, 4) is 5.75 Å². The average molecular weight is 316 g/mol. The molecule has 0 aliphatic carbocycles. The number of aliphatic imine (C=N–C) groups is 1. The molecule has 0 aliphatic rings. The summed E-state index contributed by atoms with van der Waals surface area (Å²) in [7, 11) is 1.56. The van der Waals surface area contributed by atoms with E-state index in [2.05, 4.69) is 4.99 Å². The van der Waals surface area contributed by atoms with Gasteiger partial charge in [0.2, 0.25) is 11.8 Å². The summed E-state index contributed by atoms with van der Waals surface area (Å²) in [5, 5.41) is 11.5. The second-order valence-corrected chi connectivity index (χ2v) is 5.11. The summed E-state index contributed by atoms with van der Waals surface area (Å²) < 4.78 is 5.81. The third-order valence-corrected chi connectivity index (χ3v) is 3.50. The van der Waals surface area contributed by atoms with E-state index in [-0.39, 0.29) is 11.7 Å². The van der Waals surface area contributed by atoms with Gasteiger partial charge in [0.15, 0.2) is 0 Å². The van der Waals surface area contributed by atoms with Crippen LogP contribution in [0.15, 0.2) is 57.9 Å². The molecule has 3 aromatic rings. The van der Waals surface area contributed by atoms with Gasteiger partial charge in [0, 0.05) is 23.5 Å². The molecule has 3 N–H and O–H groups in total. The monoisotopic (exact) mass is 315 g/mol. The van der Waals surface area contributed by atoms with Crippen LogP contribution in [-0.2, 0) is 0 Å². The topological polar surface area (TPSA) is 75.0 Å². The quantitative estimate of drug-likeness (QED) is 0.556. The fourth-order valence-electron chi connectivity index (χ4n) is 2.21. The van der Waals surface area contributed by atoms with Gasteiger partial charge in [-0.1, -0.05) is 29.8 Å². The highest BCUT2D eigenvalue weighted by atomic mass is 35.5. The van der Waals surface area contributed by atoms with Gasteiger partial charge >= 0.3 is 0 Å². The number of anilines is 2.